The second-order valence-corrected chi connectivity index (χ2v) is 6.17. The first kappa shape index (κ1) is 17.9. The molecule has 1 amide bonds. The summed E-state index contributed by atoms with van der Waals surface area (Å²) in [7, 11) is 0. The standard InChI is InChI=1S/C18H18FN3O4/c19-13-3-1-12(2-4-13)18(5-7-26-8-6-18)11-22-16(23)14-9-21-15(10-20-14)17(24)25/h1-4,9-10H,5-8,11H2,(H,22,23)(H,24,25). The van der Waals surface area contributed by atoms with Gasteiger partial charge in [0.1, 0.15) is 11.5 Å². The van der Waals surface area contributed by atoms with E-state index in [4.69, 9.17) is 9.84 Å². The molecule has 0 aliphatic carbocycles. The SMILES string of the molecule is O=C(O)c1cnc(C(=O)NCC2(c3ccc(F)cc3)CCOCC2)cn1. The van der Waals surface area contributed by atoms with Crippen molar-refractivity contribution < 1.29 is 23.8 Å². The molecule has 2 heterocycles. The number of carboxylic acid groups (broad SMARTS) is 1. The van der Waals surface area contributed by atoms with E-state index in [0.717, 1.165) is 18.0 Å². The summed E-state index contributed by atoms with van der Waals surface area (Å²) in [4.78, 5) is 30.7. The van der Waals surface area contributed by atoms with Crippen molar-refractivity contribution in [3.05, 3.63) is 59.4 Å². The zero-order valence-electron chi connectivity index (χ0n) is 13.9. The van der Waals surface area contributed by atoms with Gasteiger partial charge in [-0.2, -0.15) is 0 Å². The number of carboxylic acids is 1. The molecule has 0 saturated carbocycles. The Morgan fingerprint density at radius 1 is 1.12 bits per heavy atom. The second-order valence-electron chi connectivity index (χ2n) is 6.17. The summed E-state index contributed by atoms with van der Waals surface area (Å²) in [5.74, 6) is -1.96. The van der Waals surface area contributed by atoms with Gasteiger partial charge in [0, 0.05) is 25.2 Å². The summed E-state index contributed by atoms with van der Waals surface area (Å²) in [5, 5.41) is 11.7. The molecule has 0 radical (unpaired) electrons. The van der Waals surface area contributed by atoms with E-state index in [-0.39, 0.29) is 22.6 Å². The molecule has 1 saturated heterocycles. The number of hydrogen-bond acceptors (Lipinski definition) is 5. The Hall–Kier alpha value is -2.87. The molecular formula is C18H18FN3O4. The van der Waals surface area contributed by atoms with Crippen LogP contribution in [0.15, 0.2) is 36.7 Å². The molecule has 0 unspecified atom stereocenters. The van der Waals surface area contributed by atoms with E-state index in [1.807, 2.05) is 0 Å². The van der Waals surface area contributed by atoms with Crippen LogP contribution in [0.5, 0.6) is 0 Å². The predicted octanol–water partition coefficient (Wildman–Crippen LogP) is 1.79. The number of halogens is 1. The molecule has 26 heavy (non-hydrogen) atoms. The predicted molar refractivity (Wildman–Crippen MR) is 89.5 cm³/mol. The van der Waals surface area contributed by atoms with Crippen molar-refractivity contribution in [3.8, 4) is 0 Å². The largest absolute Gasteiger partial charge is 0.476 e. The smallest absolute Gasteiger partial charge is 0.356 e. The third-order valence-corrected chi connectivity index (χ3v) is 4.60. The highest BCUT2D eigenvalue weighted by Gasteiger charge is 2.35. The minimum absolute atomic E-state index is 0.0383. The molecule has 2 N–H and O–H groups in total. The molecule has 1 aliphatic heterocycles. The zero-order valence-corrected chi connectivity index (χ0v) is 13.9. The first-order valence-corrected chi connectivity index (χ1v) is 8.17. The van der Waals surface area contributed by atoms with Crippen LogP contribution >= 0.6 is 0 Å². The number of amides is 1. The van der Waals surface area contributed by atoms with E-state index < -0.39 is 11.9 Å². The Bertz CT molecular complexity index is 787. The minimum atomic E-state index is -1.21. The molecule has 7 nitrogen and oxygen atoms in total. The Labute approximate surface area is 149 Å². The van der Waals surface area contributed by atoms with Crippen molar-refractivity contribution >= 4 is 11.9 Å². The van der Waals surface area contributed by atoms with Crippen LogP contribution in [0.3, 0.4) is 0 Å². The van der Waals surface area contributed by atoms with Crippen molar-refractivity contribution in [2.24, 2.45) is 0 Å². The summed E-state index contributed by atoms with van der Waals surface area (Å²) in [6.07, 6.45) is 3.57. The molecular weight excluding hydrogens is 341 g/mol. The number of aromatic carboxylic acids is 1. The number of nitrogens with one attached hydrogen (secondary N) is 1. The highest BCUT2D eigenvalue weighted by atomic mass is 19.1. The van der Waals surface area contributed by atoms with Crippen molar-refractivity contribution in [2.75, 3.05) is 19.8 Å². The lowest BCUT2D eigenvalue weighted by molar-refractivity contribution is 0.0486. The van der Waals surface area contributed by atoms with Gasteiger partial charge in [-0.3, -0.25) is 4.79 Å². The van der Waals surface area contributed by atoms with E-state index in [1.165, 1.54) is 12.1 Å². The van der Waals surface area contributed by atoms with Gasteiger partial charge in [0.25, 0.3) is 5.91 Å². The lowest BCUT2D eigenvalue weighted by Crippen LogP contribution is -2.44. The summed E-state index contributed by atoms with van der Waals surface area (Å²) >= 11 is 0. The maximum atomic E-state index is 13.3. The summed E-state index contributed by atoms with van der Waals surface area (Å²) in [6.45, 7) is 1.45. The number of benzene rings is 1. The van der Waals surface area contributed by atoms with E-state index in [1.54, 1.807) is 12.1 Å². The third kappa shape index (κ3) is 3.85. The Balaban J connectivity index is 1.74. The van der Waals surface area contributed by atoms with Crippen LogP contribution in [0.2, 0.25) is 0 Å². The first-order chi connectivity index (χ1) is 12.5. The van der Waals surface area contributed by atoms with Gasteiger partial charge in [0.05, 0.1) is 12.4 Å². The number of carbonyl (C=O) groups excluding carboxylic acids is 1. The van der Waals surface area contributed by atoms with Crippen LogP contribution < -0.4 is 5.32 Å². The molecule has 1 fully saturated rings. The van der Waals surface area contributed by atoms with E-state index >= 15 is 0 Å². The van der Waals surface area contributed by atoms with Crippen molar-refractivity contribution in [2.45, 2.75) is 18.3 Å². The molecule has 0 bridgehead atoms. The van der Waals surface area contributed by atoms with Gasteiger partial charge in [-0.1, -0.05) is 12.1 Å². The maximum Gasteiger partial charge on any atom is 0.356 e. The third-order valence-electron chi connectivity index (χ3n) is 4.60. The molecule has 2 aromatic rings. The van der Waals surface area contributed by atoms with Gasteiger partial charge in [-0.05, 0) is 30.5 Å². The van der Waals surface area contributed by atoms with Crippen LogP contribution in [0, 0.1) is 5.82 Å². The second kappa shape index (κ2) is 7.57. The van der Waals surface area contributed by atoms with Gasteiger partial charge >= 0.3 is 5.97 Å². The number of rotatable bonds is 5. The topological polar surface area (TPSA) is 101 Å². The van der Waals surface area contributed by atoms with Gasteiger partial charge < -0.3 is 15.2 Å². The normalized spacial score (nSPS) is 16.0. The van der Waals surface area contributed by atoms with Gasteiger partial charge in [-0.15, -0.1) is 0 Å². The zero-order chi connectivity index (χ0) is 18.6. The van der Waals surface area contributed by atoms with Crippen molar-refractivity contribution in [3.63, 3.8) is 0 Å². The van der Waals surface area contributed by atoms with Crippen LogP contribution in [0.25, 0.3) is 0 Å². The van der Waals surface area contributed by atoms with Crippen LogP contribution in [0.4, 0.5) is 4.39 Å². The minimum Gasteiger partial charge on any atom is -0.476 e. The highest BCUT2D eigenvalue weighted by Crippen LogP contribution is 2.34. The molecule has 136 valence electrons. The maximum absolute atomic E-state index is 13.3. The van der Waals surface area contributed by atoms with Crippen LogP contribution in [0.1, 0.15) is 39.4 Å². The molecule has 3 rings (SSSR count). The fraction of sp³-hybridized carbons (Fsp3) is 0.333. The summed E-state index contributed by atoms with van der Waals surface area (Å²) in [6, 6.07) is 6.28. The summed E-state index contributed by atoms with van der Waals surface area (Å²) < 4.78 is 18.7. The van der Waals surface area contributed by atoms with Gasteiger partial charge in [0.2, 0.25) is 0 Å². The molecule has 0 atom stereocenters. The number of ether oxygens (including phenoxy) is 1. The molecule has 1 aromatic heterocycles. The fourth-order valence-corrected chi connectivity index (χ4v) is 3.03. The van der Waals surface area contributed by atoms with Crippen LogP contribution in [-0.2, 0) is 10.2 Å². The Kier molecular flexibility index (Phi) is 5.22. The number of nitrogens with zero attached hydrogens (tertiary/aromatic N) is 2. The molecule has 8 heteroatoms. The summed E-state index contributed by atoms with van der Waals surface area (Å²) in [5.41, 5.74) is 0.399. The lowest BCUT2D eigenvalue weighted by atomic mass is 9.74. The van der Waals surface area contributed by atoms with E-state index in [2.05, 4.69) is 15.3 Å². The van der Waals surface area contributed by atoms with Crippen LogP contribution in [-0.4, -0.2) is 46.7 Å². The highest BCUT2D eigenvalue weighted by molar-refractivity contribution is 5.92. The Morgan fingerprint density at radius 2 is 1.73 bits per heavy atom. The fourth-order valence-electron chi connectivity index (χ4n) is 3.03. The van der Waals surface area contributed by atoms with Gasteiger partial charge in [0.15, 0.2) is 5.69 Å². The van der Waals surface area contributed by atoms with Crippen molar-refractivity contribution in [1.82, 2.24) is 15.3 Å². The average Bonchev–Trinajstić information content (AvgIpc) is 2.67. The number of hydrogen-bond donors (Lipinski definition) is 2. The number of aromatic nitrogens is 2. The molecule has 0 spiro atoms. The number of carbonyl (C=O) groups is 2. The Morgan fingerprint density at radius 3 is 2.31 bits per heavy atom. The first-order valence-electron chi connectivity index (χ1n) is 8.17. The molecule has 1 aromatic carbocycles. The monoisotopic (exact) mass is 359 g/mol. The van der Waals surface area contributed by atoms with E-state index in [0.29, 0.717) is 32.6 Å². The van der Waals surface area contributed by atoms with Gasteiger partial charge in [-0.25, -0.2) is 19.2 Å². The average molecular weight is 359 g/mol. The quantitative estimate of drug-likeness (QED) is 0.844. The molecule has 1 aliphatic rings. The lowest BCUT2D eigenvalue weighted by Gasteiger charge is -2.38. The van der Waals surface area contributed by atoms with Crippen molar-refractivity contribution in [1.29, 1.82) is 0 Å². The van der Waals surface area contributed by atoms with E-state index in [9.17, 15) is 14.0 Å².